The maximum atomic E-state index is 11.8. The molecule has 1 aromatic carbocycles. The number of benzene rings is 1. The van der Waals surface area contributed by atoms with E-state index in [2.05, 4.69) is 10.3 Å². The maximum Gasteiger partial charge on any atom is 2.00 e. The molecule has 3 N–H and O–H groups in total. The van der Waals surface area contributed by atoms with E-state index in [0.29, 0.717) is 24.4 Å². The van der Waals surface area contributed by atoms with Gasteiger partial charge < -0.3 is 36.2 Å². The molecular weight excluding hydrogens is 356 g/mol. The molecule has 0 saturated heterocycles. The molecule has 0 aliphatic rings. The minimum atomic E-state index is -1.75. The predicted molar refractivity (Wildman–Crippen MR) is 81.8 cm³/mol. The number of ether oxygens (including phenoxy) is 1. The molecule has 133 valence electrons. The SMILES string of the molecule is COc1ccc(C(C)=NCCNCCN)c([O-])c1.O=[N+]([O-])[O-].[Cu+2]. The number of nitrogens with zero attached hydrogens (tertiary/aromatic N) is 2. The normalized spacial score (nSPS) is 10.1. The summed E-state index contributed by atoms with van der Waals surface area (Å²) >= 11 is 0. The van der Waals surface area contributed by atoms with Crippen LogP contribution in [0.1, 0.15) is 12.5 Å². The molecule has 0 heterocycles. The zero-order valence-electron chi connectivity index (χ0n) is 12.9. The third-order valence-corrected chi connectivity index (χ3v) is 2.54. The molecule has 0 aromatic heterocycles. The van der Waals surface area contributed by atoms with Crippen molar-refractivity contribution in [1.82, 2.24) is 5.32 Å². The van der Waals surface area contributed by atoms with Gasteiger partial charge in [0, 0.05) is 25.3 Å². The summed E-state index contributed by atoms with van der Waals surface area (Å²) in [6, 6.07) is 4.98. The van der Waals surface area contributed by atoms with E-state index in [1.165, 1.54) is 6.07 Å². The van der Waals surface area contributed by atoms with Gasteiger partial charge in [0.1, 0.15) is 5.75 Å². The fourth-order valence-electron chi connectivity index (χ4n) is 1.54. The summed E-state index contributed by atoms with van der Waals surface area (Å²) in [5, 5.41) is 29.7. The second kappa shape index (κ2) is 13.8. The van der Waals surface area contributed by atoms with Gasteiger partial charge in [0.05, 0.1) is 18.7 Å². The van der Waals surface area contributed by atoms with Crippen molar-refractivity contribution < 1.29 is 32.0 Å². The number of methoxy groups -OCH3 is 1. The fourth-order valence-corrected chi connectivity index (χ4v) is 1.54. The van der Waals surface area contributed by atoms with Gasteiger partial charge in [-0.1, -0.05) is 11.8 Å². The largest absolute Gasteiger partial charge is 2.00 e. The molecule has 0 saturated carbocycles. The van der Waals surface area contributed by atoms with Crippen molar-refractivity contribution in [3.63, 3.8) is 0 Å². The molecule has 1 radical (unpaired) electrons. The molecule has 1 aromatic rings. The van der Waals surface area contributed by atoms with Crippen molar-refractivity contribution in [3.05, 3.63) is 39.1 Å². The first-order valence-electron chi connectivity index (χ1n) is 6.51. The van der Waals surface area contributed by atoms with Crippen LogP contribution in [0.5, 0.6) is 11.5 Å². The number of aliphatic imine (C=N–C) groups is 1. The number of rotatable bonds is 7. The number of hydrogen-bond donors (Lipinski definition) is 2. The molecule has 0 fully saturated rings. The Labute approximate surface area is 145 Å². The molecule has 0 unspecified atom stereocenters. The van der Waals surface area contributed by atoms with E-state index in [4.69, 9.17) is 25.8 Å². The predicted octanol–water partition coefficient (Wildman–Crippen LogP) is -0.115. The Hall–Kier alpha value is -1.87. The Bertz CT molecular complexity index is 495. The average molecular weight is 376 g/mol. The molecular formula is C13H20CuN4O5. The van der Waals surface area contributed by atoms with Gasteiger partial charge >= 0.3 is 17.1 Å². The van der Waals surface area contributed by atoms with Crippen LogP contribution in [0.2, 0.25) is 0 Å². The first-order chi connectivity index (χ1) is 10.4. The standard InChI is InChI=1S/C13H21N3O2.Cu.NO3/c1-10(16-8-7-15-6-5-14)12-4-3-11(18-2)9-13(12)17;;2-1(3)4/h3-4,9,15,17H,5-8,14H2,1-2H3;;/q;+2;-1/p-1. The first kappa shape index (κ1) is 23.4. The van der Waals surface area contributed by atoms with Gasteiger partial charge in [0.15, 0.2) is 0 Å². The quantitative estimate of drug-likeness (QED) is 0.222. The van der Waals surface area contributed by atoms with Crippen LogP contribution in [0.15, 0.2) is 23.2 Å². The fraction of sp³-hybridized carbons (Fsp3) is 0.462. The second-order valence-corrected chi connectivity index (χ2v) is 4.09. The van der Waals surface area contributed by atoms with Crippen LogP contribution in [0.25, 0.3) is 0 Å². The number of hydrogen-bond acceptors (Lipinski definition) is 8. The van der Waals surface area contributed by atoms with Gasteiger partial charge in [0.25, 0.3) is 0 Å². The van der Waals surface area contributed by atoms with Crippen molar-refractivity contribution >= 4 is 5.71 Å². The van der Waals surface area contributed by atoms with Gasteiger partial charge in [0.2, 0.25) is 0 Å². The van der Waals surface area contributed by atoms with Gasteiger partial charge in [-0.25, -0.2) is 0 Å². The molecule has 0 aliphatic heterocycles. The van der Waals surface area contributed by atoms with Crippen LogP contribution in [-0.4, -0.2) is 44.1 Å². The van der Waals surface area contributed by atoms with E-state index in [0.717, 1.165) is 18.8 Å². The van der Waals surface area contributed by atoms with Gasteiger partial charge in [-0.05, 0) is 24.6 Å². The Balaban J connectivity index is 0. The summed E-state index contributed by atoms with van der Waals surface area (Å²) in [5.41, 5.74) is 6.72. The minimum absolute atomic E-state index is 0. The second-order valence-electron chi connectivity index (χ2n) is 4.09. The maximum absolute atomic E-state index is 11.8. The summed E-state index contributed by atoms with van der Waals surface area (Å²) in [6.07, 6.45) is 0. The molecule has 23 heavy (non-hydrogen) atoms. The molecule has 0 bridgehead atoms. The average Bonchev–Trinajstić information content (AvgIpc) is 2.46. The van der Waals surface area contributed by atoms with Crippen LogP contribution in [-0.2, 0) is 17.1 Å². The van der Waals surface area contributed by atoms with Crippen LogP contribution in [0, 0.1) is 15.3 Å². The molecule has 9 nitrogen and oxygen atoms in total. The topological polar surface area (TPSA) is 149 Å². The van der Waals surface area contributed by atoms with E-state index in [1.807, 2.05) is 6.92 Å². The van der Waals surface area contributed by atoms with Crippen molar-refractivity contribution in [2.75, 3.05) is 33.3 Å². The summed E-state index contributed by atoms with van der Waals surface area (Å²) in [5.74, 6) is 0.506. The molecule has 0 amide bonds. The molecule has 10 heteroatoms. The van der Waals surface area contributed by atoms with E-state index in [1.54, 1.807) is 19.2 Å². The van der Waals surface area contributed by atoms with Gasteiger partial charge in [-0.3, -0.25) is 4.99 Å². The Morgan fingerprint density at radius 3 is 2.48 bits per heavy atom. The van der Waals surface area contributed by atoms with Crippen LogP contribution >= 0.6 is 0 Å². The molecule has 0 atom stereocenters. The minimum Gasteiger partial charge on any atom is -0.872 e. The van der Waals surface area contributed by atoms with E-state index < -0.39 is 5.09 Å². The van der Waals surface area contributed by atoms with Crippen LogP contribution in [0.4, 0.5) is 0 Å². The molecule has 1 rings (SSSR count). The van der Waals surface area contributed by atoms with Gasteiger partial charge in [-0.2, -0.15) is 0 Å². The zero-order chi connectivity index (χ0) is 17.0. The smallest absolute Gasteiger partial charge is 0.872 e. The Kier molecular flexibility index (Phi) is 14.0. The van der Waals surface area contributed by atoms with Crippen molar-refractivity contribution in [2.45, 2.75) is 6.92 Å². The van der Waals surface area contributed by atoms with Crippen LogP contribution in [0.3, 0.4) is 0 Å². The third-order valence-electron chi connectivity index (χ3n) is 2.54. The van der Waals surface area contributed by atoms with Crippen molar-refractivity contribution in [3.8, 4) is 11.5 Å². The summed E-state index contributed by atoms with van der Waals surface area (Å²) in [6.45, 7) is 4.64. The monoisotopic (exact) mass is 375 g/mol. The van der Waals surface area contributed by atoms with E-state index in [-0.39, 0.29) is 22.8 Å². The summed E-state index contributed by atoms with van der Waals surface area (Å²) in [4.78, 5) is 12.6. The van der Waals surface area contributed by atoms with Crippen LogP contribution < -0.4 is 20.9 Å². The zero-order valence-corrected chi connectivity index (χ0v) is 13.8. The Morgan fingerprint density at radius 1 is 1.39 bits per heavy atom. The van der Waals surface area contributed by atoms with E-state index in [9.17, 15) is 5.11 Å². The molecule has 0 spiro atoms. The number of nitrogens with two attached hydrogens (primary N) is 1. The van der Waals surface area contributed by atoms with Crippen molar-refractivity contribution in [2.24, 2.45) is 10.7 Å². The third kappa shape index (κ3) is 11.4. The Morgan fingerprint density at radius 2 is 2.00 bits per heavy atom. The van der Waals surface area contributed by atoms with Gasteiger partial charge in [-0.15, -0.1) is 0 Å². The first-order valence-corrected chi connectivity index (χ1v) is 6.51. The number of nitrogens with one attached hydrogen (secondary N) is 1. The summed E-state index contributed by atoms with van der Waals surface area (Å²) in [7, 11) is 1.54. The van der Waals surface area contributed by atoms with Crippen molar-refractivity contribution in [1.29, 1.82) is 0 Å². The molecule has 0 aliphatic carbocycles. The van der Waals surface area contributed by atoms with E-state index >= 15 is 0 Å². The summed E-state index contributed by atoms with van der Waals surface area (Å²) < 4.78 is 4.99.